The molecule has 1 N–H and O–H groups in total. The first-order valence-corrected chi connectivity index (χ1v) is 9.16. The maximum Gasteiger partial charge on any atom is 0.354 e. The molecule has 4 nitrogen and oxygen atoms in total. The molecule has 25 heavy (non-hydrogen) atoms. The van der Waals surface area contributed by atoms with Gasteiger partial charge in [-0.2, -0.15) is 4.98 Å². The fourth-order valence-electron chi connectivity index (χ4n) is 3.31. The third-order valence-corrected chi connectivity index (χ3v) is 5.30. The van der Waals surface area contributed by atoms with Gasteiger partial charge in [-0.15, -0.1) is 0 Å². The highest BCUT2D eigenvalue weighted by Gasteiger charge is 2.26. The lowest BCUT2D eigenvalue weighted by molar-refractivity contribution is 0.949. The zero-order valence-electron chi connectivity index (χ0n) is 13.7. The summed E-state index contributed by atoms with van der Waals surface area (Å²) in [5, 5.41) is 4.92. The number of para-hydroxylation sites is 1. The van der Waals surface area contributed by atoms with Crippen LogP contribution in [0.4, 0.5) is 5.82 Å². The number of aromatic nitrogens is 2. The molecule has 0 atom stereocenters. The highest BCUT2D eigenvalue weighted by Crippen LogP contribution is 2.41. The number of hydrogen-bond acceptors (Lipinski definition) is 3. The summed E-state index contributed by atoms with van der Waals surface area (Å²) in [4.78, 5) is 17.2. The van der Waals surface area contributed by atoms with Gasteiger partial charge in [-0.1, -0.05) is 29.8 Å². The summed E-state index contributed by atoms with van der Waals surface area (Å²) < 4.78 is 1.64. The lowest BCUT2D eigenvalue weighted by atomic mass is 10.1. The zero-order valence-corrected chi connectivity index (χ0v) is 14.5. The van der Waals surface area contributed by atoms with E-state index in [1.165, 1.54) is 18.4 Å². The van der Waals surface area contributed by atoms with Crippen molar-refractivity contribution in [3.63, 3.8) is 0 Å². The normalized spacial score (nSPS) is 17.0. The smallest absolute Gasteiger partial charge is 0.354 e. The van der Waals surface area contributed by atoms with Crippen LogP contribution in [0.5, 0.6) is 0 Å². The summed E-state index contributed by atoms with van der Waals surface area (Å²) in [6.45, 7) is 0. The molecule has 1 heterocycles. The van der Waals surface area contributed by atoms with Crippen molar-refractivity contribution in [3.05, 3.63) is 63.5 Å². The number of fused-ring (bicyclic) bond motifs is 1. The van der Waals surface area contributed by atoms with Crippen LogP contribution >= 0.6 is 11.6 Å². The van der Waals surface area contributed by atoms with Crippen molar-refractivity contribution in [2.45, 2.75) is 37.6 Å². The second-order valence-corrected chi connectivity index (χ2v) is 7.41. The summed E-state index contributed by atoms with van der Waals surface area (Å²) in [5.41, 5.74) is 2.55. The number of anilines is 1. The fourth-order valence-corrected chi connectivity index (χ4v) is 3.53. The fraction of sp³-hybridized carbons (Fsp3) is 0.300. The van der Waals surface area contributed by atoms with Gasteiger partial charge in [0.15, 0.2) is 0 Å². The molecule has 5 heteroatoms. The molecule has 126 valence electrons. The molecule has 0 aliphatic heterocycles. The van der Waals surface area contributed by atoms with Crippen LogP contribution in [0.15, 0.2) is 47.3 Å². The maximum atomic E-state index is 12.9. The molecule has 2 aromatic carbocycles. The Hall–Kier alpha value is -2.33. The minimum absolute atomic E-state index is 0.295. The van der Waals surface area contributed by atoms with E-state index < -0.39 is 0 Å². The maximum absolute atomic E-state index is 12.9. The summed E-state index contributed by atoms with van der Waals surface area (Å²) in [7, 11) is 0. The van der Waals surface area contributed by atoms with Crippen LogP contribution in [0.3, 0.4) is 0 Å². The standard InChI is InChI=1S/C20H18ClN3O/c21-16-3-1-2-4-17(16)24-18-11-13(12-5-6-12)7-10-15(18)19(23-20(24)25)22-14-8-9-14/h1-4,7,10-12,14H,5-6,8-9H2,(H,22,23,25). The van der Waals surface area contributed by atoms with Gasteiger partial charge in [-0.25, -0.2) is 4.79 Å². The zero-order chi connectivity index (χ0) is 17.0. The second-order valence-electron chi connectivity index (χ2n) is 7.00. The summed E-state index contributed by atoms with van der Waals surface area (Å²) in [6.07, 6.45) is 4.72. The lowest BCUT2D eigenvalue weighted by Gasteiger charge is -2.15. The van der Waals surface area contributed by atoms with E-state index in [1.54, 1.807) is 10.6 Å². The van der Waals surface area contributed by atoms with Crippen molar-refractivity contribution in [2.75, 3.05) is 5.32 Å². The van der Waals surface area contributed by atoms with Gasteiger partial charge in [0.2, 0.25) is 0 Å². The number of halogens is 1. The quantitative estimate of drug-likeness (QED) is 0.753. The Morgan fingerprint density at radius 3 is 2.60 bits per heavy atom. The second kappa shape index (κ2) is 5.60. The van der Waals surface area contributed by atoms with Crippen LogP contribution in [0.2, 0.25) is 5.02 Å². The van der Waals surface area contributed by atoms with E-state index in [2.05, 4.69) is 28.5 Å². The predicted octanol–water partition coefficient (Wildman–Crippen LogP) is 4.49. The van der Waals surface area contributed by atoms with E-state index in [9.17, 15) is 4.79 Å². The van der Waals surface area contributed by atoms with Crippen molar-refractivity contribution >= 4 is 28.3 Å². The average molecular weight is 352 g/mol. The molecular formula is C20H18ClN3O. The SMILES string of the molecule is O=c1nc(NC2CC2)c2ccc(C3CC3)cc2n1-c1ccccc1Cl. The Balaban J connectivity index is 1.80. The molecule has 0 unspecified atom stereocenters. The van der Waals surface area contributed by atoms with E-state index in [-0.39, 0.29) is 5.69 Å². The van der Waals surface area contributed by atoms with Gasteiger partial charge < -0.3 is 5.32 Å². The van der Waals surface area contributed by atoms with Gasteiger partial charge in [0.1, 0.15) is 5.82 Å². The Morgan fingerprint density at radius 1 is 1.08 bits per heavy atom. The predicted molar refractivity (Wildman–Crippen MR) is 101 cm³/mol. The first-order valence-electron chi connectivity index (χ1n) is 8.79. The van der Waals surface area contributed by atoms with E-state index in [4.69, 9.17) is 11.6 Å². The van der Waals surface area contributed by atoms with E-state index >= 15 is 0 Å². The van der Waals surface area contributed by atoms with Gasteiger partial charge in [-0.3, -0.25) is 4.57 Å². The molecule has 0 saturated heterocycles. The Labute approximate surface area is 150 Å². The molecule has 1 aromatic heterocycles. The van der Waals surface area contributed by atoms with Gasteiger partial charge in [-0.05, 0) is 61.4 Å². The van der Waals surface area contributed by atoms with E-state index in [0.29, 0.717) is 28.5 Å². The molecule has 0 bridgehead atoms. The van der Waals surface area contributed by atoms with Crippen molar-refractivity contribution in [1.29, 1.82) is 0 Å². The summed E-state index contributed by atoms with van der Waals surface area (Å²) in [5.74, 6) is 1.31. The minimum atomic E-state index is -0.295. The molecule has 0 radical (unpaired) electrons. The highest BCUT2D eigenvalue weighted by molar-refractivity contribution is 6.32. The highest BCUT2D eigenvalue weighted by atomic mass is 35.5. The van der Waals surface area contributed by atoms with Crippen LogP contribution in [-0.2, 0) is 0 Å². The molecule has 2 fully saturated rings. The number of nitrogens with zero attached hydrogens (tertiary/aromatic N) is 2. The Bertz CT molecular complexity index is 1030. The van der Waals surface area contributed by atoms with Crippen molar-refractivity contribution in [3.8, 4) is 5.69 Å². The van der Waals surface area contributed by atoms with Gasteiger partial charge >= 0.3 is 5.69 Å². The largest absolute Gasteiger partial charge is 0.367 e. The van der Waals surface area contributed by atoms with Gasteiger partial charge in [0.25, 0.3) is 0 Å². The first-order chi connectivity index (χ1) is 12.2. The first kappa shape index (κ1) is 15.0. The third kappa shape index (κ3) is 2.71. The number of nitrogens with one attached hydrogen (secondary N) is 1. The number of benzene rings is 2. The third-order valence-electron chi connectivity index (χ3n) is 4.98. The van der Waals surface area contributed by atoms with Crippen molar-refractivity contribution in [2.24, 2.45) is 0 Å². The van der Waals surface area contributed by atoms with Gasteiger partial charge in [0, 0.05) is 11.4 Å². The molecule has 0 amide bonds. The van der Waals surface area contributed by atoms with E-state index in [0.717, 1.165) is 23.7 Å². The topological polar surface area (TPSA) is 46.9 Å². The van der Waals surface area contributed by atoms with Crippen LogP contribution in [0, 0.1) is 0 Å². The van der Waals surface area contributed by atoms with Gasteiger partial charge in [0.05, 0.1) is 16.2 Å². The molecule has 5 rings (SSSR count). The molecular weight excluding hydrogens is 334 g/mol. The molecule has 0 spiro atoms. The van der Waals surface area contributed by atoms with Crippen LogP contribution < -0.4 is 11.0 Å². The van der Waals surface area contributed by atoms with E-state index in [1.807, 2.05) is 18.2 Å². The monoisotopic (exact) mass is 351 g/mol. The average Bonchev–Trinajstić information content (AvgIpc) is 3.50. The number of rotatable bonds is 4. The Kier molecular flexibility index (Phi) is 3.35. The van der Waals surface area contributed by atoms with Crippen molar-refractivity contribution in [1.82, 2.24) is 9.55 Å². The van der Waals surface area contributed by atoms with Crippen LogP contribution in [0.1, 0.15) is 37.2 Å². The summed E-state index contributed by atoms with van der Waals surface area (Å²) in [6, 6.07) is 14.3. The molecule has 2 aliphatic carbocycles. The summed E-state index contributed by atoms with van der Waals surface area (Å²) >= 11 is 6.38. The molecule has 3 aromatic rings. The van der Waals surface area contributed by atoms with Crippen LogP contribution in [0.25, 0.3) is 16.6 Å². The molecule has 2 aliphatic rings. The lowest BCUT2D eigenvalue weighted by Crippen LogP contribution is -2.24. The number of hydrogen-bond donors (Lipinski definition) is 1. The van der Waals surface area contributed by atoms with Crippen LogP contribution in [-0.4, -0.2) is 15.6 Å². The minimum Gasteiger partial charge on any atom is -0.367 e. The molecule has 2 saturated carbocycles. The Morgan fingerprint density at radius 2 is 1.88 bits per heavy atom. The van der Waals surface area contributed by atoms with Crippen molar-refractivity contribution < 1.29 is 0 Å².